The van der Waals surface area contributed by atoms with Gasteiger partial charge in [-0.2, -0.15) is 15.0 Å². The third-order valence-electron chi connectivity index (χ3n) is 2.52. The van der Waals surface area contributed by atoms with Crippen LogP contribution >= 0.6 is 0 Å². The molecule has 1 heterocycles. The smallest absolute Gasteiger partial charge is 0.229 e. The Balaban J connectivity index is 2.22. The van der Waals surface area contributed by atoms with Crippen molar-refractivity contribution in [3.63, 3.8) is 0 Å². The molecule has 3 N–H and O–H groups in total. The van der Waals surface area contributed by atoms with Crippen molar-refractivity contribution < 1.29 is 0 Å². The van der Waals surface area contributed by atoms with Crippen molar-refractivity contribution in [3.05, 3.63) is 0 Å². The number of aromatic nitrogens is 3. The van der Waals surface area contributed by atoms with E-state index in [0.29, 0.717) is 23.9 Å². The van der Waals surface area contributed by atoms with Crippen molar-refractivity contribution >= 4 is 34.3 Å². The lowest BCUT2D eigenvalue weighted by Gasteiger charge is -2.21. The first kappa shape index (κ1) is 15.2. The summed E-state index contributed by atoms with van der Waals surface area (Å²) in [5.74, 6) is 2.05. The Kier molecular flexibility index (Phi) is 4.05. The van der Waals surface area contributed by atoms with E-state index in [1.54, 1.807) is 0 Å². The Morgan fingerprint density at radius 1 is 0.750 bits per heavy atom. The fraction of sp³-hybridized carbons (Fsp3) is 0.750. The lowest BCUT2D eigenvalue weighted by molar-refractivity contribution is 1.01. The molecule has 6 nitrogen and oxygen atoms in total. The minimum atomic E-state index is -1.47. The van der Waals surface area contributed by atoms with Gasteiger partial charge in [-0.25, -0.2) is 0 Å². The predicted molar refractivity (Wildman–Crippen MR) is 90.4 cm³/mol. The number of nitrogens with zero attached hydrogens (tertiary/aromatic N) is 3. The SMILES string of the molecule is C[Si](C)(C)Nc1nc(NC2CC2)nc(N[Si](C)(C)C)n1. The maximum absolute atomic E-state index is 4.52. The second kappa shape index (κ2) is 5.32. The van der Waals surface area contributed by atoms with Crippen molar-refractivity contribution in [2.45, 2.75) is 58.2 Å². The van der Waals surface area contributed by atoms with Gasteiger partial charge in [-0.05, 0) is 12.8 Å². The highest BCUT2D eigenvalue weighted by Crippen LogP contribution is 2.24. The summed E-state index contributed by atoms with van der Waals surface area (Å²) in [6.07, 6.45) is 2.42. The quantitative estimate of drug-likeness (QED) is 0.702. The summed E-state index contributed by atoms with van der Waals surface area (Å²) in [6.45, 7) is 13.4. The fourth-order valence-electron chi connectivity index (χ4n) is 1.63. The van der Waals surface area contributed by atoms with Crippen LogP contribution in [0.25, 0.3) is 0 Å². The minimum Gasteiger partial charge on any atom is -0.380 e. The summed E-state index contributed by atoms with van der Waals surface area (Å²) in [5.41, 5.74) is 0. The molecule has 0 unspecified atom stereocenters. The van der Waals surface area contributed by atoms with Gasteiger partial charge in [0.15, 0.2) is 0 Å². The predicted octanol–water partition coefficient (Wildman–Crippen LogP) is 2.94. The summed E-state index contributed by atoms with van der Waals surface area (Å²) in [5, 5.41) is 3.36. The fourth-order valence-corrected chi connectivity index (χ4v) is 3.20. The van der Waals surface area contributed by atoms with Crippen LogP contribution in [-0.4, -0.2) is 37.5 Å². The monoisotopic (exact) mass is 310 g/mol. The third-order valence-corrected chi connectivity index (χ3v) is 4.47. The lowest BCUT2D eigenvalue weighted by atomic mass is 10.7. The van der Waals surface area contributed by atoms with Gasteiger partial charge < -0.3 is 15.3 Å². The number of rotatable bonds is 6. The van der Waals surface area contributed by atoms with Crippen LogP contribution in [0.4, 0.5) is 17.8 Å². The van der Waals surface area contributed by atoms with Gasteiger partial charge in [0.2, 0.25) is 17.8 Å². The van der Waals surface area contributed by atoms with Gasteiger partial charge in [0.05, 0.1) is 0 Å². The molecule has 0 saturated heterocycles. The van der Waals surface area contributed by atoms with Gasteiger partial charge >= 0.3 is 0 Å². The summed E-state index contributed by atoms with van der Waals surface area (Å²) in [4.78, 5) is 20.4. The maximum atomic E-state index is 4.52. The first-order valence-corrected chi connectivity index (χ1v) is 14.2. The topological polar surface area (TPSA) is 74.8 Å². The van der Waals surface area contributed by atoms with E-state index in [2.05, 4.69) is 69.5 Å². The van der Waals surface area contributed by atoms with E-state index in [4.69, 9.17) is 0 Å². The summed E-state index contributed by atoms with van der Waals surface area (Å²) in [7, 11) is -2.95. The molecule has 1 fully saturated rings. The molecule has 0 atom stereocenters. The van der Waals surface area contributed by atoms with Crippen LogP contribution in [0.2, 0.25) is 39.3 Å². The van der Waals surface area contributed by atoms with E-state index in [-0.39, 0.29) is 0 Å². The maximum Gasteiger partial charge on any atom is 0.229 e. The first-order chi connectivity index (χ1) is 9.11. The van der Waals surface area contributed by atoms with Crippen LogP contribution in [0.5, 0.6) is 0 Å². The molecule has 0 aliphatic heterocycles. The Morgan fingerprint density at radius 2 is 1.15 bits per heavy atom. The largest absolute Gasteiger partial charge is 0.380 e. The number of hydrogen-bond donors (Lipinski definition) is 3. The molecule has 1 aliphatic carbocycles. The van der Waals surface area contributed by atoms with E-state index in [0.717, 1.165) is 0 Å². The molecule has 1 aromatic heterocycles. The normalized spacial score (nSPS) is 15.9. The van der Waals surface area contributed by atoms with Crippen LogP contribution in [0.15, 0.2) is 0 Å². The van der Waals surface area contributed by atoms with Gasteiger partial charge in [-0.15, -0.1) is 0 Å². The summed E-state index contributed by atoms with van der Waals surface area (Å²) in [6, 6.07) is 0.539. The van der Waals surface area contributed by atoms with Crippen LogP contribution in [0.3, 0.4) is 0 Å². The van der Waals surface area contributed by atoms with Crippen LogP contribution < -0.4 is 15.3 Å². The van der Waals surface area contributed by atoms with Gasteiger partial charge in [-0.1, -0.05) is 39.3 Å². The molecule has 0 radical (unpaired) electrons. The molecule has 1 saturated carbocycles. The first-order valence-electron chi connectivity index (χ1n) is 7.20. The Labute approximate surface area is 123 Å². The second-order valence-electron chi connectivity index (χ2n) is 7.47. The highest BCUT2D eigenvalue weighted by molar-refractivity contribution is 6.79. The van der Waals surface area contributed by atoms with E-state index >= 15 is 0 Å². The summed E-state index contributed by atoms with van der Waals surface area (Å²) < 4.78 is 0. The van der Waals surface area contributed by atoms with Gasteiger partial charge in [0.1, 0.15) is 16.5 Å². The highest BCUT2D eigenvalue weighted by atomic mass is 28.3. The van der Waals surface area contributed by atoms with Gasteiger partial charge in [0.25, 0.3) is 0 Å². The Hall–Kier alpha value is -1.16. The molecule has 20 heavy (non-hydrogen) atoms. The molecule has 0 amide bonds. The van der Waals surface area contributed by atoms with Crippen LogP contribution in [-0.2, 0) is 0 Å². The van der Waals surface area contributed by atoms with E-state index in [1.165, 1.54) is 12.8 Å². The van der Waals surface area contributed by atoms with Crippen molar-refractivity contribution in [2.24, 2.45) is 0 Å². The van der Waals surface area contributed by atoms with Gasteiger partial charge in [0, 0.05) is 6.04 Å². The zero-order valence-electron chi connectivity index (χ0n) is 13.3. The zero-order valence-corrected chi connectivity index (χ0v) is 15.3. The molecule has 2 rings (SSSR count). The average Bonchev–Trinajstić information content (AvgIpc) is 2.94. The molecular weight excluding hydrogens is 284 g/mol. The molecule has 1 aliphatic rings. The standard InChI is InChI=1S/C12H26N6Si2/c1-19(2,3)17-11-14-10(13-9-7-8-9)15-12(16-11)18-20(4,5)6/h9H,7-8H2,1-6H3,(H3,13,14,15,16,17,18). The lowest BCUT2D eigenvalue weighted by Crippen LogP contribution is -2.35. The van der Waals surface area contributed by atoms with Crippen LogP contribution in [0.1, 0.15) is 12.8 Å². The number of hydrogen-bond acceptors (Lipinski definition) is 6. The molecule has 1 aromatic rings. The van der Waals surface area contributed by atoms with Crippen molar-refractivity contribution in [1.82, 2.24) is 15.0 Å². The zero-order chi connectivity index (χ0) is 15.0. The second-order valence-corrected chi connectivity index (χ2v) is 17.0. The molecule has 8 heteroatoms. The van der Waals surface area contributed by atoms with Crippen molar-refractivity contribution in [1.29, 1.82) is 0 Å². The van der Waals surface area contributed by atoms with E-state index < -0.39 is 16.5 Å². The number of nitrogens with one attached hydrogen (secondary N) is 3. The minimum absolute atomic E-state index is 0.539. The third kappa shape index (κ3) is 5.45. The summed E-state index contributed by atoms with van der Waals surface area (Å²) >= 11 is 0. The highest BCUT2D eigenvalue weighted by Gasteiger charge is 2.24. The van der Waals surface area contributed by atoms with Crippen molar-refractivity contribution in [3.8, 4) is 0 Å². The molecule has 0 spiro atoms. The molecule has 0 bridgehead atoms. The van der Waals surface area contributed by atoms with Crippen LogP contribution in [0, 0.1) is 0 Å². The molecule has 112 valence electrons. The Morgan fingerprint density at radius 3 is 1.50 bits per heavy atom. The van der Waals surface area contributed by atoms with Crippen molar-refractivity contribution in [2.75, 3.05) is 15.3 Å². The molecule has 0 aromatic carbocycles. The van der Waals surface area contributed by atoms with Gasteiger partial charge in [-0.3, -0.25) is 0 Å². The molecular formula is C12H26N6Si2. The van der Waals surface area contributed by atoms with E-state index in [9.17, 15) is 0 Å². The average molecular weight is 311 g/mol. The van der Waals surface area contributed by atoms with E-state index in [1.807, 2.05) is 0 Å². The number of anilines is 3. The Bertz CT molecular complexity index is 442.